The van der Waals surface area contributed by atoms with Gasteiger partial charge >= 0.3 is 0 Å². The number of rotatable bonds is 3. The van der Waals surface area contributed by atoms with Crippen molar-refractivity contribution in [2.24, 2.45) is 0 Å². The van der Waals surface area contributed by atoms with Crippen molar-refractivity contribution in [1.82, 2.24) is 15.5 Å². The first-order chi connectivity index (χ1) is 9.97. The Morgan fingerprint density at radius 1 is 1.24 bits per heavy atom. The first-order valence-corrected chi connectivity index (χ1v) is 8.32. The Morgan fingerprint density at radius 2 is 2.05 bits per heavy atom. The van der Waals surface area contributed by atoms with E-state index in [4.69, 9.17) is 0 Å². The summed E-state index contributed by atoms with van der Waals surface area (Å²) in [6, 6.07) is 5.11. The minimum atomic E-state index is -3.61. The molecule has 0 atom stereocenters. The zero-order valence-electron chi connectivity index (χ0n) is 12.0. The first kappa shape index (κ1) is 14.1. The number of H-pyrrole nitrogens is 1. The van der Waals surface area contributed by atoms with E-state index in [9.17, 15) is 8.42 Å². The quantitative estimate of drug-likeness (QED) is 0.801. The average Bonchev–Trinajstić information content (AvgIpc) is 2.85. The summed E-state index contributed by atoms with van der Waals surface area (Å²) < 4.78 is 27.5. The molecule has 0 amide bonds. The van der Waals surface area contributed by atoms with Crippen molar-refractivity contribution >= 4 is 15.8 Å². The summed E-state index contributed by atoms with van der Waals surface area (Å²) in [7, 11) is -3.61. The van der Waals surface area contributed by atoms with E-state index in [1.54, 1.807) is 12.1 Å². The van der Waals surface area contributed by atoms with E-state index in [1.165, 1.54) is 0 Å². The molecule has 0 saturated carbocycles. The lowest BCUT2D eigenvalue weighted by Gasteiger charge is -2.14. The number of nitrogens with zero attached hydrogens (tertiary/aromatic N) is 1. The highest BCUT2D eigenvalue weighted by Gasteiger charge is 2.22. The lowest BCUT2D eigenvalue weighted by Crippen LogP contribution is -2.24. The molecule has 3 N–H and O–H groups in total. The normalized spacial score (nSPS) is 14.8. The van der Waals surface area contributed by atoms with Gasteiger partial charge < -0.3 is 5.32 Å². The van der Waals surface area contributed by atoms with E-state index in [0.717, 1.165) is 35.3 Å². The fourth-order valence-electron chi connectivity index (χ4n) is 2.40. The van der Waals surface area contributed by atoms with Crippen LogP contribution in [-0.4, -0.2) is 25.2 Å². The van der Waals surface area contributed by atoms with Gasteiger partial charge in [-0.15, -0.1) is 0 Å². The zero-order valence-corrected chi connectivity index (χ0v) is 12.8. The van der Waals surface area contributed by atoms with Gasteiger partial charge in [-0.05, 0) is 50.1 Å². The molecular weight excluding hydrogens is 288 g/mol. The van der Waals surface area contributed by atoms with Crippen LogP contribution in [0, 0.1) is 13.8 Å². The minimum absolute atomic E-state index is 0.260. The molecule has 0 unspecified atom stereocenters. The van der Waals surface area contributed by atoms with Crippen molar-refractivity contribution in [2.75, 3.05) is 11.3 Å². The molecule has 1 aliphatic rings. The van der Waals surface area contributed by atoms with E-state index in [1.807, 2.05) is 19.9 Å². The van der Waals surface area contributed by atoms with Crippen LogP contribution in [0.25, 0.3) is 0 Å². The number of hydrogen-bond acceptors (Lipinski definition) is 4. The van der Waals surface area contributed by atoms with Crippen LogP contribution in [0.3, 0.4) is 0 Å². The zero-order chi connectivity index (χ0) is 15.0. The third-order valence-corrected chi connectivity index (χ3v) is 5.16. The summed E-state index contributed by atoms with van der Waals surface area (Å²) in [6.07, 6.45) is 0.761. The van der Waals surface area contributed by atoms with Crippen LogP contribution in [0.2, 0.25) is 0 Å². The Hall–Kier alpha value is -1.86. The molecule has 7 heteroatoms. The molecule has 0 radical (unpaired) electrons. The topological polar surface area (TPSA) is 86.9 Å². The second-order valence-corrected chi connectivity index (χ2v) is 6.99. The molecule has 0 fully saturated rings. The number of aryl methyl sites for hydroxylation is 2. The third-order valence-electron chi connectivity index (χ3n) is 3.83. The molecule has 6 nitrogen and oxygen atoms in total. The highest BCUT2D eigenvalue weighted by atomic mass is 32.2. The van der Waals surface area contributed by atoms with Gasteiger partial charge in [-0.2, -0.15) is 5.10 Å². The van der Waals surface area contributed by atoms with Gasteiger partial charge in [-0.1, -0.05) is 6.07 Å². The van der Waals surface area contributed by atoms with Crippen LogP contribution in [0.4, 0.5) is 5.82 Å². The first-order valence-electron chi connectivity index (χ1n) is 6.84. The minimum Gasteiger partial charge on any atom is -0.311 e. The van der Waals surface area contributed by atoms with E-state index >= 15 is 0 Å². The highest BCUT2D eigenvalue weighted by Crippen LogP contribution is 2.23. The summed E-state index contributed by atoms with van der Waals surface area (Å²) >= 11 is 0. The Balaban J connectivity index is 1.92. The van der Waals surface area contributed by atoms with Gasteiger partial charge in [0.2, 0.25) is 0 Å². The van der Waals surface area contributed by atoms with Gasteiger partial charge in [0.25, 0.3) is 10.0 Å². The molecular formula is C14H18N4O2S. The Labute approximate surface area is 124 Å². The summed E-state index contributed by atoms with van der Waals surface area (Å²) in [5.41, 5.74) is 3.91. The molecule has 0 spiro atoms. The molecule has 2 aromatic rings. The monoisotopic (exact) mass is 306 g/mol. The van der Waals surface area contributed by atoms with E-state index in [-0.39, 0.29) is 4.90 Å². The Kier molecular flexibility index (Phi) is 3.46. The number of sulfonamides is 1. The molecule has 21 heavy (non-hydrogen) atoms. The third kappa shape index (κ3) is 2.66. The molecule has 0 bridgehead atoms. The van der Waals surface area contributed by atoms with Crippen molar-refractivity contribution < 1.29 is 8.42 Å². The molecule has 2 heterocycles. The predicted molar refractivity (Wildman–Crippen MR) is 80.7 cm³/mol. The maximum absolute atomic E-state index is 12.5. The number of anilines is 1. The molecule has 3 rings (SSSR count). The van der Waals surface area contributed by atoms with Crippen LogP contribution >= 0.6 is 0 Å². The van der Waals surface area contributed by atoms with Crippen LogP contribution in [0.15, 0.2) is 23.1 Å². The molecule has 1 aromatic carbocycles. The highest BCUT2D eigenvalue weighted by molar-refractivity contribution is 7.92. The van der Waals surface area contributed by atoms with Gasteiger partial charge in [-0.3, -0.25) is 9.82 Å². The summed E-state index contributed by atoms with van der Waals surface area (Å²) in [5, 5.41) is 10.2. The summed E-state index contributed by atoms with van der Waals surface area (Å²) in [4.78, 5) is 0.260. The number of nitrogens with one attached hydrogen (secondary N) is 3. The maximum Gasteiger partial charge on any atom is 0.263 e. The standard InChI is InChI=1S/C14H18N4O2S/c1-9-3-4-11(7-10(9)2)21(19,20)18-14-12-5-6-15-8-13(12)16-17-14/h3-4,7,15H,5-6,8H2,1-2H3,(H2,16,17,18). The fraction of sp³-hybridized carbons (Fsp3) is 0.357. The molecule has 112 valence electrons. The maximum atomic E-state index is 12.5. The molecule has 0 aliphatic carbocycles. The fourth-order valence-corrected chi connectivity index (χ4v) is 3.52. The Bertz CT molecular complexity index is 780. The van der Waals surface area contributed by atoms with Gasteiger partial charge in [0.15, 0.2) is 5.82 Å². The van der Waals surface area contributed by atoms with Gasteiger partial charge in [-0.25, -0.2) is 8.42 Å². The van der Waals surface area contributed by atoms with Crippen molar-refractivity contribution in [3.8, 4) is 0 Å². The second kappa shape index (κ2) is 5.16. The van der Waals surface area contributed by atoms with Gasteiger partial charge in [0.1, 0.15) is 0 Å². The lowest BCUT2D eigenvalue weighted by molar-refractivity contribution is 0.600. The smallest absolute Gasteiger partial charge is 0.263 e. The predicted octanol–water partition coefficient (Wildman–Crippen LogP) is 1.47. The van der Waals surface area contributed by atoms with Crippen molar-refractivity contribution in [1.29, 1.82) is 0 Å². The van der Waals surface area contributed by atoms with Gasteiger partial charge in [0.05, 0.1) is 10.6 Å². The summed E-state index contributed by atoms with van der Waals surface area (Å²) in [6.45, 7) is 5.37. The summed E-state index contributed by atoms with van der Waals surface area (Å²) in [5.74, 6) is 0.407. The molecule has 1 aliphatic heterocycles. The Morgan fingerprint density at radius 3 is 2.81 bits per heavy atom. The van der Waals surface area contributed by atoms with Crippen molar-refractivity contribution in [2.45, 2.75) is 31.7 Å². The van der Waals surface area contributed by atoms with Crippen molar-refractivity contribution in [3.63, 3.8) is 0 Å². The largest absolute Gasteiger partial charge is 0.311 e. The average molecular weight is 306 g/mol. The molecule has 1 aromatic heterocycles. The van der Waals surface area contributed by atoms with E-state index in [2.05, 4.69) is 20.2 Å². The number of aromatic nitrogens is 2. The van der Waals surface area contributed by atoms with Crippen LogP contribution in [0.5, 0.6) is 0 Å². The number of aromatic amines is 1. The number of fused-ring (bicyclic) bond motifs is 1. The second-order valence-electron chi connectivity index (χ2n) is 5.31. The van der Waals surface area contributed by atoms with Crippen LogP contribution in [-0.2, 0) is 23.0 Å². The van der Waals surface area contributed by atoms with Crippen LogP contribution in [0.1, 0.15) is 22.4 Å². The van der Waals surface area contributed by atoms with Crippen LogP contribution < -0.4 is 10.0 Å². The van der Waals surface area contributed by atoms with Crippen molar-refractivity contribution in [3.05, 3.63) is 40.6 Å². The number of hydrogen-bond donors (Lipinski definition) is 3. The SMILES string of the molecule is Cc1ccc(S(=O)(=O)Nc2n[nH]c3c2CCNC3)cc1C. The van der Waals surface area contributed by atoms with Gasteiger partial charge in [0, 0.05) is 12.1 Å². The molecule has 0 saturated heterocycles. The lowest BCUT2D eigenvalue weighted by atomic mass is 10.1. The number of benzene rings is 1. The van der Waals surface area contributed by atoms with E-state index < -0.39 is 10.0 Å². The van der Waals surface area contributed by atoms with E-state index in [0.29, 0.717) is 12.4 Å².